The molecule has 0 fully saturated rings. The molecule has 0 spiro atoms. The number of imidazole rings is 1. The first-order valence-corrected chi connectivity index (χ1v) is 13.3. The maximum Gasteiger partial charge on any atom is 0.435 e. The number of unbranched alkanes of at least 4 members (excludes halogenated alkanes) is 1. The summed E-state index contributed by atoms with van der Waals surface area (Å²) in [6.07, 6.45) is -8.05. The van der Waals surface area contributed by atoms with E-state index in [2.05, 4.69) is 4.98 Å². The summed E-state index contributed by atoms with van der Waals surface area (Å²) in [5.74, 6) is -0.971. The molecule has 1 heterocycles. The van der Waals surface area contributed by atoms with Crippen LogP contribution in [0.1, 0.15) is 58.2 Å². The number of hydrogen-bond donors (Lipinski definition) is 1. The normalized spacial score (nSPS) is 12.2. The summed E-state index contributed by atoms with van der Waals surface area (Å²) >= 11 is 0. The van der Waals surface area contributed by atoms with E-state index in [0.717, 1.165) is 18.6 Å². The van der Waals surface area contributed by atoms with Crippen molar-refractivity contribution in [3.05, 3.63) is 113 Å². The molecule has 0 aliphatic carbocycles. The molecule has 4 rings (SSSR count). The first-order valence-electron chi connectivity index (χ1n) is 13.3. The Labute approximate surface area is 239 Å². The van der Waals surface area contributed by atoms with Gasteiger partial charge in [0.15, 0.2) is 5.69 Å². The molecule has 1 N–H and O–H groups in total. The highest BCUT2D eigenvalue weighted by atomic mass is 19.4. The summed E-state index contributed by atoms with van der Waals surface area (Å²) in [4.78, 5) is 16.9. The number of aromatic carboxylic acids is 1. The fourth-order valence-electron chi connectivity index (χ4n) is 4.73. The molecule has 42 heavy (non-hydrogen) atoms. The Kier molecular flexibility index (Phi) is 9.40. The van der Waals surface area contributed by atoms with Gasteiger partial charge in [0.2, 0.25) is 0 Å². The maximum atomic E-state index is 14.4. The number of aromatic nitrogens is 2. The third kappa shape index (κ3) is 7.58. The largest absolute Gasteiger partial charge is 0.478 e. The molecule has 0 radical (unpaired) electrons. The van der Waals surface area contributed by atoms with Gasteiger partial charge in [0.25, 0.3) is 0 Å². The minimum Gasteiger partial charge on any atom is -0.478 e. The molecule has 0 unspecified atom stereocenters. The molecule has 1 aromatic heterocycles. The Morgan fingerprint density at radius 2 is 1.50 bits per heavy atom. The molecule has 4 aromatic rings. The van der Waals surface area contributed by atoms with Crippen molar-refractivity contribution in [2.45, 2.75) is 58.3 Å². The van der Waals surface area contributed by atoms with Crippen molar-refractivity contribution in [2.24, 2.45) is 0 Å². The highest BCUT2D eigenvalue weighted by Crippen LogP contribution is 2.36. The second-order valence-electron chi connectivity index (χ2n) is 9.95. The Hall–Kier alpha value is -4.12. The molecular formula is C31H29F6N3O2. The smallest absolute Gasteiger partial charge is 0.435 e. The van der Waals surface area contributed by atoms with E-state index in [1.807, 2.05) is 6.92 Å². The van der Waals surface area contributed by atoms with Crippen molar-refractivity contribution >= 4 is 5.97 Å². The highest BCUT2D eigenvalue weighted by molar-refractivity contribution is 5.87. The van der Waals surface area contributed by atoms with Gasteiger partial charge < -0.3 is 9.67 Å². The molecule has 0 bridgehead atoms. The van der Waals surface area contributed by atoms with Crippen molar-refractivity contribution < 1.29 is 36.2 Å². The van der Waals surface area contributed by atoms with Crippen LogP contribution >= 0.6 is 0 Å². The zero-order valence-electron chi connectivity index (χ0n) is 22.7. The second kappa shape index (κ2) is 12.8. The number of rotatable bonds is 11. The van der Waals surface area contributed by atoms with Crippen molar-refractivity contribution in [2.75, 3.05) is 0 Å². The Morgan fingerprint density at radius 1 is 0.833 bits per heavy atom. The molecule has 222 valence electrons. The Balaban J connectivity index is 1.80. The van der Waals surface area contributed by atoms with Crippen LogP contribution in [-0.4, -0.2) is 25.5 Å². The van der Waals surface area contributed by atoms with Crippen LogP contribution in [0, 0.1) is 0 Å². The first-order chi connectivity index (χ1) is 19.9. The van der Waals surface area contributed by atoms with Crippen molar-refractivity contribution in [1.82, 2.24) is 14.5 Å². The van der Waals surface area contributed by atoms with Crippen molar-refractivity contribution in [3.8, 4) is 11.4 Å². The van der Waals surface area contributed by atoms with E-state index in [0.29, 0.717) is 17.5 Å². The zero-order chi connectivity index (χ0) is 30.5. The molecule has 11 heteroatoms. The molecule has 0 saturated heterocycles. The second-order valence-corrected chi connectivity index (χ2v) is 9.95. The van der Waals surface area contributed by atoms with Crippen LogP contribution in [0.5, 0.6) is 0 Å². The van der Waals surface area contributed by atoms with Crippen LogP contribution < -0.4 is 0 Å². The number of carboxylic acids is 1. The minimum absolute atomic E-state index is 0.0349. The molecule has 0 atom stereocenters. The topological polar surface area (TPSA) is 58.4 Å². The third-order valence-corrected chi connectivity index (χ3v) is 6.75. The predicted molar refractivity (Wildman–Crippen MR) is 145 cm³/mol. The number of hydrogen-bond acceptors (Lipinski definition) is 3. The van der Waals surface area contributed by atoms with Crippen molar-refractivity contribution in [3.63, 3.8) is 0 Å². The van der Waals surface area contributed by atoms with Gasteiger partial charge in [0.05, 0.1) is 16.8 Å². The van der Waals surface area contributed by atoms with E-state index >= 15 is 0 Å². The van der Waals surface area contributed by atoms with E-state index in [9.17, 15) is 36.2 Å². The molecule has 0 aliphatic rings. The lowest BCUT2D eigenvalue weighted by molar-refractivity contribution is -0.142. The summed E-state index contributed by atoms with van der Waals surface area (Å²) in [7, 11) is 0. The fraction of sp³-hybridized carbons (Fsp3) is 0.290. The average Bonchev–Trinajstić information content (AvgIpc) is 3.30. The lowest BCUT2D eigenvalue weighted by atomic mass is 10.1. The van der Waals surface area contributed by atoms with E-state index in [1.165, 1.54) is 36.4 Å². The quantitative estimate of drug-likeness (QED) is 0.179. The number of alkyl halides is 6. The van der Waals surface area contributed by atoms with Gasteiger partial charge in [0.1, 0.15) is 5.82 Å². The van der Waals surface area contributed by atoms with Gasteiger partial charge in [-0.05, 0) is 35.7 Å². The molecule has 5 nitrogen and oxygen atoms in total. The van der Waals surface area contributed by atoms with Gasteiger partial charge >= 0.3 is 18.3 Å². The van der Waals surface area contributed by atoms with Crippen LogP contribution in [-0.2, 0) is 38.5 Å². The van der Waals surface area contributed by atoms with Crippen LogP contribution in [0.3, 0.4) is 0 Å². The lowest BCUT2D eigenvalue weighted by Crippen LogP contribution is -2.26. The number of carbonyl (C=O) groups is 1. The Morgan fingerprint density at radius 3 is 2.10 bits per heavy atom. The van der Waals surface area contributed by atoms with Crippen LogP contribution in [0.2, 0.25) is 0 Å². The Bertz CT molecular complexity index is 1500. The first kappa shape index (κ1) is 30.8. The number of halogens is 6. The zero-order valence-corrected chi connectivity index (χ0v) is 22.7. The molecular weight excluding hydrogens is 560 g/mol. The predicted octanol–water partition coefficient (Wildman–Crippen LogP) is 8.29. The monoisotopic (exact) mass is 589 g/mol. The number of carboxylic acid groups (broad SMARTS) is 1. The lowest BCUT2D eigenvalue weighted by Gasteiger charge is -2.25. The van der Waals surface area contributed by atoms with Gasteiger partial charge in [-0.1, -0.05) is 74.0 Å². The van der Waals surface area contributed by atoms with E-state index in [1.54, 1.807) is 39.8 Å². The summed E-state index contributed by atoms with van der Waals surface area (Å²) in [5.41, 5.74) is -0.601. The van der Waals surface area contributed by atoms with Crippen LogP contribution in [0.4, 0.5) is 26.3 Å². The minimum atomic E-state index is -4.78. The third-order valence-electron chi connectivity index (χ3n) is 6.75. The van der Waals surface area contributed by atoms with Gasteiger partial charge in [-0.2, -0.15) is 26.3 Å². The molecule has 3 aromatic carbocycles. The van der Waals surface area contributed by atoms with Gasteiger partial charge in [0, 0.05) is 31.7 Å². The van der Waals surface area contributed by atoms with E-state index < -0.39 is 29.6 Å². The van der Waals surface area contributed by atoms with E-state index in [-0.39, 0.29) is 48.8 Å². The van der Waals surface area contributed by atoms with E-state index in [4.69, 9.17) is 0 Å². The summed E-state index contributed by atoms with van der Waals surface area (Å²) in [6.45, 7) is 1.87. The number of benzene rings is 3. The van der Waals surface area contributed by atoms with Gasteiger partial charge in [-0.25, -0.2) is 9.78 Å². The van der Waals surface area contributed by atoms with Crippen LogP contribution in [0.25, 0.3) is 11.4 Å². The molecule has 0 amide bonds. The summed E-state index contributed by atoms with van der Waals surface area (Å²) in [5, 5.41) is 9.22. The molecule has 0 saturated carbocycles. The fourth-order valence-corrected chi connectivity index (χ4v) is 4.73. The van der Waals surface area contributed by atoms with Crippen molar-refractivity contribution in [1.29, 1.82) is 0 Å². The number of nitrogens with zero attached hydrogens (tertiary/aromatic N) is 3. The molecule has 0 aliphatic heterocycles. The van der Waals surface area contributed by atoms with Gasteiger partial charge in [-0.3, -0.25) is 4.90 Å². The maximum absolute atomic E-state index is 14.4. The van der Waals surface area contributed by atoms with Gasteiger partial charge in [-0.15, -0.1) is 0 Å². The summed E-state index contributed by atoms with van der Waals surface area (Å²) in [6, 6.07) is 19.0. The highest BCUT2D eigenvalue weighted by Gasteiger charge is 2.39. The average molecular weight is 590 g/mol. The summed E-state index contributed by atoms with van der Waals surface area (Å²) < 4.78 is 85.1. The standard InChI is InChI=1S/C31H29F6N3O2/c1-2-3-16-40-26(27(31(35,36)37)38-28(40)23-9-5-4-6-10-23)20-39(18-21-12-14-24(15-13-21)29(41)42)19-22-8-7-11-25(17-22)30(32,33)34/h4-15,17H,2-3,16,18-20H2,1H3,(H,41,42). The van der Waals surface area contributed by atoms with Crippen LogP contribution in [0.15, 0.2) is 78.9 Å². The SMILES string of the molecule is CCCCn1c(-c2ccccc2)nc(C(F)(F)F)c1CN(Cc1ccc(C(=O)O)cc1)Cc1cccc(C(F)(F)F)c1.